The number of ether oxygens (including phenoxy) is 1. The van der Waals surface area contributed by atoms with Crippen LogP contribution in [0, 0.1) is 11.8 Å². The van der Waals surface area contributed by atoms with Gasteiger partial charge in [-0.1, -0.05) is 26.0 Å². The van der Waals surface area contributed by atoms with Gasteiger partial charge < -0.3 is 30.3 Å². The zero-order valence-corrected chi connectivity index (χ0v) is 20.9. The van der Waals surface area contributed by atoms with Crippen molar-refractivity contribution in [3.05, 3.63) is 35.4 Å². The SMILES string of the molecule is CC(C)C[C@H](NC(=O)OCc1cccc(C(F)(F)F)c1)C(=O)N[C@@H](C[C@@H]1CCNC1=O)C(O)S(=O)(=O)[O-]. The van der Waals surface area contributed by atoms with Crippen molar-refractivity contribution in [2.45, 2.75) is 63.4 Å². The minimum atomic E-state index is -5.26. The largest absolute Gasteiger partial charge is 0.746 e. The molecule has 4 atom stereocenters. The van der Waals surface area contributed by atoms with Gasteiger partial charge in [-0.2, -0.15) is 13.2 Å². The van der Waals surface area contributed by atoms with Crippen LogP contribution in [0.4, 0.5) is 18.0 Å². The van der Waals surface area contributed by atoms with Gasteiger partial charge >= 0.3 is 12.3 Å². The van der Waals surface area contributed by atoms with Gasteiger partial charge in [0.2, 0.25) is 11.8 Å². The highest BCUT2D eigenvalue weighted by atomic mass is 32.2. The molecule has 1 aromatic rings. The van der Waals surface area contributed by atoms with Crippen LogP contribution in [-0.4, -0.2) is 60.0 Å². The van der Waals surface area contributed by atoms with Crippen molar-refractivity contribution in [1.29, 1.82) is 0 Å². The Labute approximate surface area is 211 Å². The lowest BCUT2D eigenvalue weighted by Crippen LogP contribution is -2.55. The first-order valence-electron chi connectivity index (χ1n) is 11.4. The molecule has 1 unspecified atom stereocenters. The molecule has 0 saturated carbocycles. The zero-order valence-electron chi connectivity index (χ0n) is 20.1. The Bertz CT molecular complexity index is 1080. The van der Waals surface area contributed by atoms with Crippen molar-refractivity contribution < 1.29 is 50.4 Å². The molecule has 1 fully saturated rings. The predicted molar refractivity (Wildman–Crippen MR) is 121 cm³/mol. The summed E-state index contributed by atoms with van der Waals surface area (Å²) in [7, 11) is -5.26. The molecule has 1 aliphatic rings. The van der Waals surface area contributed by atoms with E-state index in [0.717, 1.165) is 18.2 Å². The van der Waals surface area contributed by atoms with Gasteiger partial charge in [0.05, 0.1) is 11.6 Å². The molecule has 1 heterocycles. The molecule has 1 saturated heterocycles. The summed E-state index contributed by atoms with van der Waals surface area (Å²) in [6.45, 7) is 3.21. The standard InChI is InChI=1S/C22H30F3N3O8S/c1-12(2)8-16(28-21(32)36-11-13-4-3-5-15(9-13)22(23,24)25)19(30)27-17(20(31)37(33,34)35)10-14-6-7-26-18(14)29/h3-5,9,12,14,16-17,20,31H,6-8,10-11H2,1-2H3,(H,26,29)(H,27,30)(H,28,32)(H,33,34,35)/p-1/t14-,16-,17-,20?/m0/s1. The number of aliphatic hydroxyl groups excluding tert-OH is 1. The molecule has 37 heavy (non-hydrogen) atoms. The molecule has 3 amide bonds. The number of amides is 3. The Kier molecular flexibility index (Phi) is 10.3. The smallest absolute Gasteiger partial charge is 0.416 e. The maximum absolute atomic E-state index is 12.9. The van der Waals surface area contributed by atoms with Crippen LogP contribution in [0.25, 0.3) is 0 Å². The van der Waals surface area contributed by atoms with Crippen LogP contribution in [0.15, 0.2) is 24.3 Å². The van der Waals surface area contributed by atoms with Crippen molar-refractivity contribution >= 4 is 28.0 Å². The van der Waals surface area contributed by atoms with Crippen LogP contribution in [0.2, 0.25) is 0 Å². The normalized spacial score (nSPS) is 18.6. The molecule has 0 spiro atoms. The van der Waals surface area contributed by atoms with E-state index in [0.29, 0.717) is 13.0 Å². The van der Waals surface area contributed by atoms with E-state index in [2.05, 4.69) is 16.0 Å². The Morgan fingerprint density at radius 3 is 2.49 bits per heavy atom. The second-order valence-corrected chi connectivity index (χ2v) is 10.6. The van der Waals surface area contributed by atoms with Gasteiger partial charge in [0.25, 0.3) is 0 Å². The van der Waals surface area contributed by atoms with Gasteiger partial charge in [0, 0.05) is 12.5 Å². The molecule has 0 radical (unpaired) electrons. The van der Waals surface area contributed by atoms with Crippen molar-refractivity contribution in [3.63, 3.8) is 0 Å². The summed E-state index contributed by atoms with van der Waals surface area (Å²) in [6.07, 6.45) is -5.74. The minimum Gasteiger partial charge on any atom is -0.746 e. The van der Waals surface area contributed by atoms with E-state index in [-0.39, 0.29) is 24.3 Å². The number of halogens is 3. The lowest BCUT2D eigenvalue weighted by Gasteiger charge is -2.29. The Morgan fingerprint density at radius 2 is 1.95 bits per heavy atom. The van der Waals surface area contributed by atoms with E-state index < -0.39 is 69.8 Å². The molecule has 0 aliphatic carbocycles. The molecule has 0 bridgehead atoms. The van der Waals surface area contributed by atoms with Gasteiger partial charge in [-0.3, -0.25) is 9.59 Å². The molecular formula is C22H29F3N3O8S-. The fourth-order valence-electron chi connectivity index (χ4n) is 3.78. The Balaban J connectivity index is 2.10. The van der Waals surface area contributed by atoms with Gasteiger partial charge in [-0.25, -0.2) is 13.2 Å². The number of benzene rings is 1. The number of aliphatic hydroxyl groups is 1. The third kappa shape index (κ3) is 9.48. The van der Waals surface area contributed by atoms with E-state index in [1.54, 1.807) is 13.8 Å². The molecule has 15 heteroatoms. The van der Waals surface area contributed by atoms with Gasteiger partial charge in [-0.15, -0.1) is 0 Å². The van der Waals surface area contributed by atoms with Gasteiger partial charge in [-0.05, 0) is 42.9 Å². The maximum atomic E-state index is 12.9. The van der Waals surface area contributed by atoms with Crippen molar-refractivity contribution in [1.82, 2.24) is 16.0 Å². The van der Waals surface area contributed by atoms with E-state index in [1.165, 1.54) is 6.07 Å². The van der Waals surface area contributed by atoms with Crippen LogP contribution >= 0.6 is 0 Å². The first-order chi connectivity index (χ1) is 17.1. The first-order valence-corrected chi connectivity index (χ1v) is 12.8. The number of carbonyl (C=O) groups excluding carboxylic acids is 3. The van der Waals surface area contributed by atoms with Crippen LogP contribution in [0.3, 0.4) is 0 Å². The molecule has 1 aliphatic heterocycles. The van der Waals surface area contributed by atoms with Crippen LogP contribution in [-0.2, 0) is 37.2 Å². The topological polar surface area (TPSA) is 174 Å². The van der Waals surface area contributed by atoms with E-state index in [4.69, 9.17) is 4.74 Å². The number of alkyl halides is 3. The van der Waals surface area contributed by atoms with Crippen LogP contribution in [0.1, 0.15) is 44.2 Å². The highest BCUT2D eigenvalue weighted by molar-refractivity contribution is 7.86. The fraction of sp³-hybridized carbons (Fsp3) is 0.591. The summed E-state index contributed by atoms with van der Waals surface area (Å²) in [4.78, 5) is 37.1. The molecular weight excluding hydrogens is 523 g/mol. The second-order valence-electron chi connectivity index (χ2n) is 9.11. The highest BCUT2D eigenvalue weighted by Crippen LogP contribution is 2.29. The fourth-order valence-corrected chi connectivity index (χ4v) is 4.36. The maximum Gasteiger partial charge on any atom is 0.416 e. The first kappa shape index (κ1) is 30.3. The van der Waals surface area contributed by atoms with Gasteiger partial charge in [0.15, 0.2) is 5.44 Å². The van der Waals surface area contributed by atoms with E-state index >= 15 is 0 Å². The summed E-state index contributed by atoms with van der Waals surface area (Å²) < 4.78 is 77.8. The molecule has 11 nitrogen and oxygen atoms in total. The Morgan fingerprint density at radius 1 is 1.27 bits per heavy atom. The predicted octanol–water partition coefficient (Wildman–Crippen LogP) is 1.22. The van der Waals surface area contributed by atoms with E-state index in [9.17, 15) is 45.6 Å². The zero-order chi connectivity index (χ0) is 28.0. The number of rotatable bonds is 11. The summed E-state index contributed by atoms with van der Waals surface area (Å²) in [6, 6.07) is 1.18. The van der Waals surface area contributed by atoms with Crippen LogP contribution < -0.4 is 16.0 Å². The summed E-state index contributed by atoms with van der Waals surface area (Å²) in [5.41, 5.74) is -3.43. The number of alkyl carbamates (subject to hydrolysis) is 1. The average Bonchev–Trinajstić information content (AvgIpc) is 3.19. The van der Waals surface area contributed by atoms with E-state index in [1.807, 2.05) is 0 Å². The quantitative estimate of drug-likeness (QED) is 0.297. The summed E-state index contributed by atoms with van der Waals surface area (Å²) >= 11 is 0. The monoisotopic (exact) mass is 552 g/mol. The number of carbonyl (C=O) groups is 3. The van der Waals surface area contributed by atoms with Crippen molar-refractivity contribution in [2.75, 3.05) is 6.54 Å². The number of hydrogen-bond donors (Lipinski definition) is 4. The molecule has 0 aromatic heterocycles. The lowest BCUT2D eigenvalue weighted by atomic mass is 9.97. The third-order valence-corrected chi connectivity index (χ3v) is 6.53. The average molecular weight is 553 g/mol. The molecule has 4 N–H and O–H groups in total. The van der Waals surface area contributed by atoms with Crippen molar-refractivity contribution in [2.24, 2.45) is 11.8 Å². The molecule has 2 rings (SSSR count). The van der Waals surface area contributed by atoms with Gasteiger partial charge in [0.1, 0.15) is 22.8 Å². The molecule has 1 aromatic carbocycles. The molecule has 208 valence electrons. The lowest BCUT2D eigenvalue weighted by molar-refractivity contribution is -0.137. The Hall–Kier alpha value is -2.91. The number of hydrogen-bond acceptors (Lipinski definition) is 8. The summed E-state index contributed by atoms with van der Waals surface area (Å²) in [5.74, 6) is -2.30. The summed E-state index contributed by atoms with van der Waals surface area (Å²) in [5, 5.41) is 17.1. The van der Waals surface area contributed by atoms with Crippen LogP contribution in [0.5, 0.6) is 0 Å². The minimum absolute atomic E-state index is 0.0291. The second kappa shape index (κ2) is 12.6. The number of nitrogens with one attached hydrogen (secondary N) is 3. The van der Waals surface area contributed by atoms with Crippen molar-refractivity contribution in [3.8, 4) is 0 Å². The highest BCUT2D eigenvalue weighted by Gasteiger charge is 2.35. The third-order valence-electron chi connectivity index (χ3n) is 5.61.